The number of benzene rings is 1. The van der Waals surface area contributed by atoms with Gasteiger partial charge in [-0.2, -0.15) is 0 Å². The molecule has 5 nitrogen and oxygen atoms in total. The fourth-order valence-electron chi connectivity index (χ4n) is 1.65. The zero-order valence-corrected chi connectivity index (χ0v) is 14.4. The van der Waals surface area contributed by atoms with Crippen molar-refractivity contribution >= 4 is 57.2 Å². The smallest absolute Gasteiger partial charge is 0.347 e. The highest BCUT2D eigenvalue weighted by Gasteiger charge is 2.14. The van der Waals surface area contributed by atoms with Crippen LogP contribution < -0.4 is 10.1 Å². The minimum atomic E-state index is -0.987. The number of nitrogens with one attached hydrogen (secondary N) is 1. The third-order valence-electron chi connectivity index (χ3n) is 2.58. The van der Waals surface area contributed by atoms with Gasteiger partial charge in [-0.1, -0.05) is 46.1 Å². The molecule has 22 heavy (non-hydrogen) atoms. The van der Waals surface area contributed by atoms with E-state index in [9.17, 15) is 4.79 Å². The lowest BCUT2D eigenvalue weighted by Crippen LogP contribution is -2.11. The quantitative estimate of drug-likeness (QED) is 0.715. The number of aromatic nitrogens is 1. The second-order valence-corrected chi connectivity index (χ2v) is 6.46. The van der Waals surface area contributed by atoms with E-state index in [2.05, 4.69) is 10.3 Å². The number of carboxylic acids is 1. The van der Waals surface area contributed by atoms with Gasteiger partial charge < -0.3 is 15.2 Å². The Morgan fingerprint density at radius 3 is 2.55 bits per heavy atom. The average Bonchev–Trinajstić information content (AvgIpc) is 2.78. The number of aromatic carboxylic acids is 1. The summed E-state index contributed by atoms with van der Waals surface area (Å²) in [5, 5.41) is 13.6. The Morgan fingerprint density at radius 1 is 1.36 bits per heavy atom. The van der Waals surface area contributed by atoms with Crippen molar-refractivity contribution < 1.29 is 14.6 Å². The zero-order chi connectivity index (χ0) is 16.3. The number of hydrogen-bond acceptors (Lipinski definition) is 5. The molecule has 0 fully saturated rings. The Labute approximate surface area is 145 Å². The molecule has 1 aromatic carbocycles. The Hall–Kier alpha value is -1.21. The lowest BCUT2D eigenvalue weighted by atomic mass is 10.3. The van der Waals surface area contributed by atoms with E-state index in [-0.39, 0.29) is 11.5 Å². The van der Waals surface area contributed by atoms with E-state index in [1.165, 1.54) is 0 Å². The predicted octanol–water partition coefficient (Wildman–Crippen LogP) is 4.60. The summed E-state index contributed by atoms with van der Waals surface area (Å²) in [5.41, 5.74) is 0.477. The number of hydrogen-bond donors (Lipinski definition) is 2. The van der Waals surface area contributed by atoms with Crippen LogP contribution in [0.4, 0.5) is 5.13 Å². The van der Waals surface area contributed by atoms with Crippen molar-refractivity contribution in [2.75, 3.05) is 18.5 Å². The number of halogens is 3. The second kappa shape index (κ2) is 7.37. The molecule has 0 aliphatic heterocycles. The number of carboxylic acid groups (broad SMARTS) is 1. The molecule has 2 rings (SSSR count). The predicted molar refractivity (Wildman–Crippen MR) is 89.3 cm³/mol. The van der Waals surface area contributed by atoms with Crippen LogP contribution >= 0.6 is 46.1 Å². The molecule has 0 saturated heterocycles. The van der Waals surface area contributed by atoms with Crippen molar-refractivity contribution in [3.8, 4) is 5.75 Å². The van der Waals surface area contributed by atoms with Crippen LogP contribution in [0.25, 0.3) is 0 Å². The van der Waals surface area contributed by atoms with E-state index < -0.39 is 5.97 Å². The van der Waals surface area contributed by atoms with Crippen LogP contribution in [0.1, 0.15) is 15.4 Å². The highest BCUT2D eigenvalue weighted by Crippen LogP contribution is 2.35. The standard InChI is InChI=1S/C13H11Cl3N2O3S/c1-6-11(12(19)20)22-13(18-6)17-2-3-21-10-8(15)4-7(14)5-9(10)16/h4-5H,2-3H2,1H3,(H,17,18)(H,19,20). The van der Waals surface area contributed by atoms with Crippen LogP contribution in [0.5, 0.6) is 5.75 Å². The van der Waals surface area contributed by atoms with E-state index in [1.54, 1.807) is 19.1 Å². The third kappa shape index (κ3) is 4.16. The summed E-state index contributed by atoms with van der Waals surface area (Å²) in [6.45, 7) is 2.35. The fraction of sp³-hybridized carbons (Fsp3) is 0.231. The maximum absolute atomic E-state index is 10.9. The summed E-state index contributed by atoms with van der Waals surface area (Å²) < 4.78 is 5.50. The first-order chi connectivity index (χ1) is 10.4. The molecule has 2 N–H and O–H groups in total. The van der Waals surface area contributed by atoms with E-state index in [1.807, 2.05) is 0 Å². The van der Waals surface area contributed by atoms with Gasteiger partial charge in [0.05, 0.1) is 22.3 Å². The van der Waals surface area contributed by atoms with E-state index in [0.717, 1.165) is 11.3 Å². The Morgan fingerprint density at radius 2 is 2.00 bits per heavy atom. The number of nitrogens with zero attached hydrogens (tertiary/aromatic N) is 1. The minimum Gasteiger partial charge on any atom is -0.489 e. The lowest BCUT2D eigenvalue weighted by molar-refractivity contribution is 0.0701. The van der Waals surface area contributed by atoms with Crippen molar-refractivity contribution in [3.05, 3.63) is 37.8 Å². The Bertz CT molecular complexity index is 683. The van der Waals surface area contributed by atoms with Gasteiger partial charge in [0.15, 0.2) is 10.9 Å². The number of aryl methyl sites for hydroxylation is 1. The molecule has 2 aromatic rings. The van der Waals surface area contributed by atoms with Gasteiger partial charge in [0.1, 0.15) is 11.5 Å². The maximum Gasteiger partial charge on any atom is 0.347 e. The summed E-state index contributed by atoms with van der Waals surface area (Å²) in [5.74, 6) is -0.630. The molecule has 1 heterocycles. The molecule has 118 valence electrons. The van der Waals surface area contributed by atoms with Crippen molar-refractivity contribution in [2.24, 2.45) is 0 Å². The van der Waals surface area contributed by atoms with Gasteiger partial charge in [0.25, 0.3) is 0 Å². The summed E-state index contributed by atoms with van der Waals surface area (Å²) in [4.78, 5) is 15.3. The van der Waals surface area contributed by atoms with Gasteiger partial charge in [-0.15, -0.1) is 0 Å². The molecule has 0 radical (unpaired) electrons. The first-order valence-corrected chi connectivity index (χ1v) is 8.05. The van der Waals surface area contributed by atoms with Crippen LogP contribution in [0.2, 0.25) is 15.1 Å². The molecule has 9 heteroatoms. The number of carbonyl (C=O) groups is 1. The van der Waals surface area contributed by atoms with Gasteiger partial charge in [-0.3, -0.25) is 0 Å². The van der Waals surface area contributed by atoms with Crippen LogP contribution in [0.15, 0.2) is 12.1 Å². The average molecular weight is 382 g/mol. The molecule has 0 unspecified atom stereocenters. The SMILES string of the molecule is Cc1nc(NCCOc2c(Cl)cc(Cl)cc2Cl)sc1C(=O)O. The topological polar surface area (TPSA) is 71.5 Å². The Balaban J connectivity index is 1.90. The monoisotopic (exact) mass is 380 g/mol. The summed E-state index contributed by atoms with van der Waals surface area (Å²) >= 11 is 18.9. The van der Waals surface area contributed by atoms with Gasteiger partial charge in [-0.25, -0.2) is 9.78 Å². The van der Waals surface area contributed by atoms with Crippen molar-refractivity contribution in [2.45, 2.75) is 6.92 Å². The van der Waals surface area contributed by atoms with Gasteiger partial charge in [0.2, 0.25) is 0 Å². The highest BCUT2D eigenvalue weighted by molar-refractivity contribution is 7.17. The fourth-order valence-corrected chi connectivity index (χ4v) is 3.41. The van der Waals surface area contributed by atoms with Crippen molar-refractivity contribution in [1.29, 1.82) is 0 Å². The minimum absolute atomic E-state index is 0.215. The van der Waals surface area contributed by atoms with Crippen molar-refractivity contribution in [1.82, 2.24) is 4.98 Å². The number of thiazole rings is 1. The van der Waals surface area contributed by atoms with E-state index in [0.29, 0.717) is 38.2 Å². The third-order valence-corrected chi connectivity index (χ3v) is 4.46. The largest absolute Gasteiger partial charge is 0.489 e. The number of ether oxygens (including phenoxy) is 1. The molecule has 0 spiro atoms. The normalized spacial score (nSPS) is 10.5. The zero-order valence-electron chi connectivity index (χ0n) is 11.3. The lowest BCUT2D eigenvalue weighted by Gasteiger charge is -2.10. The first-order valence-electron chi connectivity index (χ1n) is 6.10. The van der Waals surface area contributed by atoms with Gasteiger partial charge in [0, 0.05) is 5.02 Å². The highest BCUT2D eigenvalue weighted by atomic mass is 35.5. The molecule has 0 bridgehead atoms. The summed E-state index contributed by atoms with van der Waals surface area (Å²) in [7, 11) is 0. The van der Waals surface area contributed by atoms with E-state index in [4.69, 9.17) is 44.6 Å². The Kier molecular flexibility index (Phi) is 5.74. The molecule has 0 amide bonds. The molecular formula is C13H11Cl3N2O3S. The summed E-state index contributed by atoms with van der Waals surface area (Å²) in [6.07, 6.45) is 0. The molecular weight excluding hydrogens is 371 g/mol. The molecule has 0 aliphatic carbocycles. The second-order valence-electron chi connectivity index (χ2n) is 4.21. The van der Waals surface area contributed by atoms with Crippen LogP contribution in [0, 0.1) is 6.92 Å². The van der Waals surface area contributed by atoms with Crippen LogP contribution in [0.3, 0.4) is 0 Å². The molecule has 0 atom stereocenters. The van der Waals surface area contributed by atoms with Crippen molar-refractivity contribution in [3.63, 3.8) is 0 Å². The number of anilines is 1. The van der Waals surface area contributed by atoms with Crippen LogP contribution in [-0.4, -0.2) is 29.2 Å². The van der Waals surface area contributed by atoms with Gasteiger partial charge >= 0.3 is 5.97 Å². The maximum atomic E-state index is 10.9. The first kappa shape index (κ1) is 17.1. The van der Waals surface area contributed by atoms with Crippen LogP contribution in [-0.2, 0) is 0 Å². The summed E-state index contributed by atoms with van der Waals surface area (Å²) in [6, 6.07) is 3.09. The van der Waals surface area contributed by atoms with E-state index >= 15 is 0 Å². The molecule has 0 aliphatic rings. The molecule has 1 aromatic heterocycles. The molecule has 0 saturated carbocycles. The number of rotatable bonds is 6. The van der Waals surface area contributed by atoms with Gasteiger partial charge in [-0.05, 0) is 19.1 Å².